The van der Waals surface area contributed by atoms with Crippen molar-refractivity contribution in [2.75, 3.05) is 11.9 Å². The van der Waals surface area contributed by atoms with Crippen molar-refractivity contribution in [2.45, 2.75) is 31.1 Å². The van der Waals surface area contributed by atoms with Crippen LogP contribution in [0.25, 0.3) is 10.8 Å². The molecule has 0 atom stereocenters. The highest BCUT2D eigenvalue weighted by Gasteiger charge is 2.44. The normalized spacial score (nSPS) is 15.2. The number of rotatable bonds is 5. The van der Waals surface area contributed by atoms with E-state index in [1.165, 1.54) is 0 Å². The van der Waals surface area contributed by atoms with E-state index in [0.29, 0.717) is 10.7 Å². The minimum absolute atomic E-state index is 0.308. The summed E-state index contributed by atoms with van der Waals surface area (Å²) in [5.41, 5.74) is 0.918. The van der Waals surface area contributed by atoms with Gasteiger partial charge in [0.2, 0.25) is 0 Å². The van der Waals surface area contributed by atoms with E-state index in [4.69, 9.17) is 16.3 Å². The van der Waals surface area contributed by atoms with Gasteiger partial charge in [-0.05, 0) is 42.0 Å². The second-order valence-corrected chi connectivity index (χ2v) is 7.88. The van der Waals surface area contributed by atoms with E-state index >= 15 is 0 Å². The maximum absolute atomic E-state index is 13.0. The molecule has 1 fully saturated rings. The van der Waals surface area contributed by atoms with Gasteiger partial charge in [-0.1, -0.05) is 73.0 Å². The highest BCUT2D eigenvalue weighted by molar-refractivity contribution is 6.30. The summed E-state index contributed by atoms with van der Waals surface area (Å²) in [7, 11) is 0. The average Bonchev–Trinajstić information content (AvgIpc) is 3.24. The number of benzene rings is 3. The Balaban J connectivity index is 1.45. The fourth-order valence-corrected chi connectivity index (χ4v) is 4.27. The average molecular weight is 408 g/mol. The summed E-state index contributed by atoms with van der Waals surface area (Å²) >= 11 is 6.00. The lowest BCUT2D eigenvalue weighted by Crippen LogP contribution is -2.36. The zero-order valence-electron chi connectivity index (χ0n) is 16.0. The predicted molar refractivity (Wildman–Crippen MR) is 115 cm³/mol. The Morgan fingerprint density at radius 2 is 1.62 bits per heavy atom. The highest BCUT2D eigenvalue weighted by Crippen LogP contribution is 2.42. The smallest absolute Gasteiger partial charge is 0.317 e. The van der Waals surface area contributed by atoms with Gasteiger partial charge in [-0.25, -0.2) is 0 Å². The van der Waals surface area contributed by atoms with Crippen molar-refractivity contribution < 1.29 is 14.3 Å². The molecular weight excluding hydrogens is 386 g/mol. The molecule has 0 saturated heterocycles. The predicted octanol–water partition coefficient (Wildman–Crippen LogP) is 5.49. The van der Waals surface area contributed by atoms with E-state index in [-0.39, 0.29) is 18.5 Å². The Labute approximate surface area is 174 Å². The fraction of sp³-hybridized carbons (Fsp3) is 0.250. The quantitative estimate of drug-likeness (QED) is 0.569. The first-order valence-corrected chi connectivity index (χ1v) is 10.2. The molecule has 3 aromatic carbocycles. The zero-order valence-corrected chi connectivity index (χ0v) is 16.7. The number of esters is 1. The molecule has 0 heterocycles. The van der Waals surface area contributed by atoms with Crippen molar-refractivity contribution in [1.82, 2.24) is 0 Å². The lowest BCUT2D eigenvalue weighted by Gasteiger charge is -2.27. The largest absolute Gasteiger partial charge is 0.455 e. The van der Waals surface area contributed by atoms with Crippen LogP contribution >= 0.6 is 11.6 Å². The molecule has 5 heteroatoms. The zero-order chi connectivity index (χ0) is 20.3. The van der Waals surface area contributed by atoms with Crippen molar-refractivity contribution in [3.8, 4) is 0 Å². The van der Waals surface area contributed by atoms with Crippen LogP contribution in [0.1, 0.15) is 31.2 Å². The van der Waals surface area contributed by atoms with Crippen LogP contribution in [0, 0.1) is 0 Å². The summed E-state index contributed by atoms with van der Waals surface area (Å²) in [6.07, 6.45) is 3.36. The van der Waals surface area contributed by atoms with Crippen LogP contribution in [-0.2, 0) is 19.7 Å². The molecule has 0 spiro atoms. The molecule has 1 aliphatic rings. The first-order valence-electron chi connectivity index (χ1n) is 9.79. The third kappa shape index (κ3) is 3.99. The summed E-state index contributed by atoms with van der Waals surface area (Å²) in [6, 6.07) is 20.9. The summed E-state index contributed by atoms with van der Waals surface area (Å²) in [5, 5.41) is 5.47. The van der Waals surface area contributed by atoms with E-state index < -0.39 is 5.41 Å². The van der Waals surface area contributed by atoms with Crippen LogP contribution in [0.3, 0.4) is 0 Å². The standard InChI is InChI=1S/C24H22ClNO3/c25-19-12-10-18(11-13-19)24(14-3-4-15-24)23(28)29-16-22(27)26-21-9-5-7-17-6-1-2-8-20(17)21/h1-2,5-13H,3-4,14-16H2,(H,26,27). The van der Waals surface area contributed by atoms with Crippen LogP contribution in [0.2, 0.25) is 5.02 Å². The molecule has 29 heavy (non-hydrogen) atoms. The van der Waals surface area contributed by atoms with Gasteiger partial charge in [0.15, 0.2) is 6.61 Å². The molecule has 1 saturated carbocycles. The molecule has 0 radical (unpaired) electrons. The molecule has 3 aromatic rings. The third-order valence-corrected chi connectivity index (χ3v) is 5.89. The van der Waals surface area contributed by atoms with Crippen molar-refractivity contribution in [1.29, 1.82) is 0 Å². The number of hydrogen-bond acceptors (Lipinski definition) is 3. The minimum atomic E-state index is -0.690. The van der Waals surface area contributed by atoms with Gasteiger partial charge in [0.1, 0.15) is 0 Å². The Morgan fingerprint density at radius 3 is 2.38 bits per heavy atom. The van der Waals surface area contributed by atoms with Crippen LogP contribution in [-0.4, -0.2) is 18.5 Å². The summed E-state index contributed by atoms with van der Waals surface area (Å²) < 4.78 is 5.48. The highest BCUT2D eigenvalue weighted by atomic mass is 35.5. The van der Waals surface area contributed by atoms with E-state index in [1.54, 1.807) is 12.1 Å². The Hall–Kier alpha value is -2.85. The molecule has 0 aromatic heterocycles. The molecule has 4 nitrogen and oxygen atoms in total. The number of carbonyl (C=O) groups excluding carboxylic acids is 2. The Bertz CT molecular complexity index is 1030. The molecule has 1 amide bonds. The lowest BCUT2D eigenvalue weighted by atomic mass is 9.79. The van der Waals surface area contributed by atoms with E-state index in [2.05, 4.69) is 5.32 Å². The van der Waals surface area contributed by atoms with Crippen LogP contribution in [0.4, 0.5) is 5.69 Å². The van der Waals surface area contributed by atoms with Crippen molar-refractivity contribution in [2.24, 2.45) is 0 Å². The van der Waals surface area contributed by atoms with Gasteiger partial charge in [-0.3, -0.25) is 9.59 Å². The fourth-order valence-electron chi connectivity index (χ4n) is 4.15. The number of carbonyl (C=O) groups is 2. The number of hydrogen-bond donors (Lipinski definition) is 1. The van der Waals surface area contributed by atoms with Crippen LogP contribution < -0.4 is 5.32 Å². The second-order valence-electron chi connectivity index (χ2n) is 7.45. The van der Waals surface area contributed by atoms with Gasteiger partial charge >= 0.3 is 5.97 Å². The van der Waals surface area contributed by atoms with Gasteiger partial charge in [0.05, 0.1) is 5.41 Å². The molecule has 1 N–H and O–H groups in total. The molecule has 1 aliphatic carbocycles. The van der Waals surface area contributed by atoms with Gasteiger partial charge in [0.25, 0.3) is 5.91 Å². The lowest BCUT2D eigenvalue weighted by molar-refractivity contribution is -0.153. The van der Waals surface area contributed by atoms with Crippen LogP contribution in [0.5, 0.6) is 0 Å². The molecule has 0 unspecified atom stereocenters. The number of fused-ring (bicyclic) bond motifs is 1. The maximum Gasteiger partial charge on any atom is 0.317 e. The second kappa shape index (κ2) is 8.26. The monoisotopic (exact) mass is 407 g/mol. The number of nitrogens with one attached hydrogen (secondary N) is 1. The molecule has 4 rings (SSSR count). The third-order valence-electron chi connectivity index (χ3n) is 5.64. The molecule has 148 valence electrons. The SMILES string of the molecule is O=C(COC(=O)C1(c2ccc(Cl)cc2)CCCC1)Nc1cccc2ccccc12. The summed E-state index contributed by atoms with van der Waals surface area (Å²) in [5.74, 6) is -0.690. The first kappa shape index (κ1) is 19.5. The molecule has 0 bridgehead atoms. The number of ether oxygens (including phenoxy) is 1. The van der Waals surface area contributed by atoms with Crippen molar-refractivity contribution in [3.05, 3.63) is 77.3 Å². The van der Waals surface area contributed by atoms with E-state index in [0.717, 1.165) is 42.0 Å². The van der Waals surface area contributed by atoms with E-state index in [1.807, 2.05) is 54.6 Å². The van der Waals surface area contributed by atoms with Crippen LogP contribution in [0.15, 0.2) is 66.7 Å². The number of amides is 1. The van der Waals surface area contributed by atoms with Gasteiger partial charge in [-0.2, -0.15) is 0 Å². The minimum Gasteiger partial charge on any atom is -0.455 e. The maximum atomic E-state index is 13.0. The van der Waals surface area contributed by atoms with Crippen molar-refractivity contribution in [3.63, 3.8) is 0 Å². The summed E-state index contributed by atoms with van der Waals surface area (Å²) in [6.45, 7) is -0.308. The molecule has 0 aliphatic heterocycles. The topological polar surface area (TPSA) is 55.4 Å². The number of halogens is 1. The Kier molecular flexibility index (Phi) is 5.54. The van der Waals surface area contributed by atoms with E-state index in [9.17, 15) is 9.59 Å². The van der Waals surface area contributed by atoms with Crippen molar-refractivity contribution >= 4 is 39.9 Å². The Morgan fingerprint density at radius 1 is 0.931 bits per heavy atom. The molecular formula is C24H22ClNO3. The van der Waals surface area contributed by atoms with Gasteiger partial charge in [-0.15, -0.1) is 0 Å². The summed E-state index contributed by atoms with van der Waals surface area (Å²) in [4.78, 5) is 25.4. The number of anilines is 1. The van der Waals surface area contributed by atoms with Gasteiger partial charge in [0, 0.05) is 16.1 Å². The first-order chi connectivity index (χ1) is 14.1. The van der Waals surface area contributed by atoms with Gasteiger partial charge < -0.3 is 10.1 Å².